The minimum atomic E-state index is -0.630. The third-order valence-electron chi connectivity index (χ3n) is 6.60. The number of carbonyl (C=O) groups is 2. The Morgan fingerprint density at radius 3 is 2.62 bits per heavy atom. The van der Waals surface area contributed by atoms with Gasteiger partial charge < -0.3 is 24.8 Å². The van der Waals surface area contributed by atoms with Crippen LogP contribution in [0.25, 0.3) is 0 Å². The highest BCUT2D eigenvalue weighted by Gasteiger charge is 2.32. The van der Waals surface area contributed by atoms with Gasteiger partial charge in [0, 0.05) is 26.9 Å². The van der Waals surface area contributed by atoms with Gasteiger partial charge in [0.2, 0.25) is 0 Å². The van der Waals surface area contributed by atoms with Crippen molar-refractivity contribution in [2.75, 3.05) is 13.2 Å². The van der Waals surface area contributed by atoms with E-state index in [0.29, 0.717) is 49.9 Å². The Labute approximate surface area is 277 Å². The lowest BCUT2D eigenvalue weighted by Crippen LogP contribution is -2.45. The number of hydrogen-bond acceptors (Lipinski definition) is 7. The van der Waals surface area contributed by atoms with Gasteiger partial charge in [0.25, 0.3) is 5.91 Å². The summed E-state index contributed by atoms with van der Waals surface area (Å²) in [5.41, 5.74) is 6.50. The molecule has 0 fully saturated rings. The number of hydrazone groups is 1. The normalized spacial score (nSPS) is 14.4. The molecule has 0 bridgehead atoms. The van der Waals surface area contributed by atoms with E-state index in [4.69, 9.17) is 49.6 Å². The van der Waals surface area contributed by atoms with Crippen LogP contribution in [0.1, 0.15) is 42.1 Å². The van der Waals surface area contributed by atoms with E-state index in [0.717, 1.165) is 16.7 Å². The first-order valence-corrected chi connectivity index (χ1v) is 15.2. The topological polar surface area (TPSA) is 110 Å². The Balaban J connectivity index is 1.39. The van der Waals surface area contributed by atoms with Crippen molar-refractivity contribution in [3.63, 3.8) is 0 Å². The second-order valence-electron chi connectivity index (χ2n) is 9.79. The van der Waals surface area contributed by atoms with Gasteiger partial charge in [-0.05, 0) is 80.0 Å². The third-order valence-corrected chi connectivity index (χ3v) is 7.41. The van der Waals surface area contributed by atoms with Crippen LogP contribution in [0, 0.1) is 0 Å². The zero-order chi connectivity index (χ0) is 32.3. The molecule has 45 heavy (non-hydrogen) atoms. The fourth-order valence-corrected chi connectivity index (χ4v) is 5.28. The summed E-state index contributed by atoms with van der Waals surface area (Å²) < 4.78 is 17.1. The molecule has 3 aromatic carbocycles. The number of carbonyl (C=O) groups excluding carboxylic acids is 2. The second-order valence-corrected chi connectivity index (χ2v) is 11.0. The van der Waals surface area contributed by atoms with Gasteiger partial charge in [-0.25, -0.2) is 10.2 Å². The van der Waals surface area contributed by atoms with E-state index >= 15 is 0 Å². The molecule has 0 aliphatic carbocycles. The lowest BCUT2D eigenvalue weighted by Gasteiger charge is -2.30. The molecule has 1 aliphatic rings. The van der Waals surface area contributed by atoms with Crippen molar-refractivity contribution in [1.29, 1.82) is 0 Å². The molecule has 12 heteroatoms. The molecule has 0 spiro atoms. The molecule has 0 saturated carbocycles. The number of amides is 1. The molecular weight excluding hydrogens is 635 g/mol. The maximum absolute atomic E-state index is 12.8. The number of benzene rings is 3. The molecule has 0 unspecified atom stereocenters. The molecule has 3 aromatic rings. The maximum Gasteiger partial charge on any atom is 0.338 e. The van der Waals surface area contributed by atoms with Crippen LogP contribution < -0.4 is 25.5 Å². The van der Waals surface area contributed by atoms with Crippen molar-refractivity contribution in [1.82, 2.24) is 16.1 Å². The number of esters is 1. The van der Waals surface area contributed by atoms with E-state index in [1.165, 1.54) is 6.21 Å². The van der Waals surface area contributed by atoms with Crippen LogP contribution in [0.4, 0.5) is 0 Å². The smallest absolute Gasteiger partial charge is 0.338 e. The summed E-state index contributed by atoms with van der Waals surface area (Å²) in [6.45, 7) is 7.49. The maximum atomic E-state index is 12.8. The Morgan fingerprint density at radius 2 is 1.87 bits per heavy atom. The Kier molecular flexibility index (Phi) is 12.0. The first kappa shape index (κ1) is 33.5. The average Bonchev–Trinajstić information content (AvgIpc) is 3.00. The number of nitrogens with zero attached hydrogens (tertiary/aromatic N) is 1. The average molecular weight is 668 g/mol. The van der Waals surface area contributed by atoms with Crippen molar-refractivity contribution in [2.45, 2.75) is 32.9 Å². The van der Waals surface area contributed by atoms with Crippen LogP contribution in [0.15, 0.2) is 89.7 Å². The molecule has 0 aromatic heterocycles. The van der Waals surface area contributed by atoms with E-state index < -0.39 is 17.9 Å². The van der Waals surface area contributed by atoms with Crippen molar-refractivity contribution in [3.8, 4) is 11.5 Å². The number of thiocarbonyl (C=S) groups is 1. The summed E-state index contributed by atoms with van der Waals surface area (Å²) in [7, 11) is 0. The van der Waals surface area contributed by atoms with E-state index in [2.05, 4.69) is 27.7 Å². The molecule has 1 aliphatic heterocycles. The Hall–Kier alpha value is -4.38. The Bertz CT molecular complexity index is 1660. The van der Waals surface area contributed by atoms with Crippen molar-refractivity contribution < 1.29 is 23.8 Å². The van der Waals surface area contributed by atoms with E-state index in [1.807, 2.05) is 24.3 Å². The summed E-state index contributed by atoms with van der Waals surface area (Å²) in [4.78, 5) is 25.4. The van der Waals surface area contributed by atoms with Crippen molar-refractivity contribution >= 4 is 58.6 Å². The molecule has 1 heterocycles. The number of halogens is 2. The standard InChI is InChI=1S/C33H32Cl2N4O5S/c1-4-8-22-15-21(11-14-27(22)43-18-23-12-13-24(34)16-26(23)35)17-36-39-29(40)19-44-28-10-7-6-9-25(28)31-30(32(41)42-5-2)20(3)37-33(45)38-31/h4,6-7,9-17,31H,1,5,8,18-19H2,2-3H3,(H,39,40)(H2,37,38,45)/t31-/m1/s1. The Morgan fingerprint density at radius 1 is 1.07 bits per heavy atom. The van der Waals surface area contributed by atoms with Crippen LogP contribution in [0.2, 0.25) is 10.0 Å². The number of allylic oxidation sites excluding steroid dienone is 2. The fraction of sp³-hybridized carbons (Fsp3) is 0.212. The summed E-state index contributed by atoms with van der Waals surface area (Å²) >= 11 is 17.6. The van der Waals surface area contributed by atoms with Gasteiger partial charge in [-0.1, -0.05) is 53.5 Å². The van der Waals surface area contributed by atoms with Crippen molar-refractivity contribution in [2.24, 2.45) is 5.10 Å². The number of nitrogens with one attached hydrogen (secondary N) is 3. The molecule has 234 valence electrons. The predicted molar refractivity (Wildman–Crippen MR) is 180 cm³/mol. The van der Waals surface area contributed by atoms with Crippen molar-refractivity contribution in [3.05, 3.63) is 117 Å². The lowest BCUT2D eigenvalue weighted by atomic mass is 9.95. The summed E-state index contributed by atoms with van der Waals surface area (Å²) in [6, 6.07) is 17.3. The first-order valence-electron chi connectivity index (χ1n) is 14.0. The van der Waals surface area contributed by atoms with E-state index in [1.54, 1.807) is 56.3 Å². The van der Waals surface area contributed by atoms with Gasteiger partial charge >= 0.3 is 5.97 Å². The van der Waals surface area contributed by atoms with Crippen LogP contribution >= 0.6 is 35.4 Å². The SMILES string of the molecule is C=CCc1cc(C=NNC(=O)COc2ccccc2[C@H]2NC(=S)NC(C)=C2C(=O)OCC)ccc1OCc1ccc(Cl)cc1Cl. The summed E-state index contributed by atoms with van der Waals surface area (Å²) in [6.07, 6.45) is 3.86. The highest BCUT2D eigenvalue weighted by Crippen LogP contribution is 2.33. The van der Waals surface area contributed by atoms with Gasteiger partial charge in [-0.15, -0.1) is 6.58 Å². The fourth-order valence-electron chi connectivity index (χ4n) is 4.54. The molecule has 0 saturated heterocycles. The largest absolute Gasteiger partial charge is 0.489 e. The summed E-state index contributed by atoms with van der Waals surface area (Å²) in [5, 5.41) is 11.6. The first-order chi connectivity index (χ1) is 21.7. The minimum Gasteiger partial charge on any atom is -0.489 e. The van der Waals surface area contributed by atoms with Crippen LogP contribution in [0.5, 0.6) is 11.5 Å². The lowest BCUT2D eigenvalue weighted by molar-refractivity contribution is -0.139. The molecule has 1 atom stereocenters. The number of para-hydroxylation sites is 1. The quantitative estimate of drug-likeness (QED) is 0.0652. The van der Waals surface area contributed by atoms with E-state index in [-0.39, 0.29) is 19.8 Å². The number of ether oxygens (including phenoxy) is 3. The molecule has 1 amide bonds. The second kappa shape index (κ2) is 16.1. The number of hydrogen-bond donors (Lipinski definition) is 3. The van der Waals surface area contributed by atoms with E-state index in [9.17, 15) is 9.59 Å². The van der Waals surface area contributed by atoms with Crippen LogP contribution in [-0.2, 0) is 27.4 Å². The van der Waals surface area contributed by atoms with Gasteiger partial charge in [0.05, 0.1) is 24.4 Å². The molecule has 9 nitrogen and oxygen atoms in total. The van der Waals surface area contributed by atoms with Gasteiger partial charge in [-0.3, -0.25) is 4.79 Å². The predicted octanol–water partition coefficient (Wildman–Crippen LogP) is 6.19. The molecule has 0 radical (unpaired) electrons. The highest BCUT2D eigenvalue weighted by atomic mass is 35.5. The monoisotopic (exact) mass is 666 g/mol. The molecular formula is C33H32Cl2N4O5S. The molecule has 4 rings (SSSR count). The highest BCUT2D eigenvalue weighted by molar-refractivity contribution is 7.80. The van der Waals surface area contributed by atoms with Gasteiger partial charge in [0.15, 0.2) is 11.7 Å². The van der Waals surface area contributed by atoms with Crippen LogP contribution in [-0.4, -0.2) is 36.4 Å². The van der Waals surface area contributed by atoms with Gasteiger partial charge in [-0.2, -0.15) is 5.10 Å². The molecule has 3 N–H and O–H groups in total. The number of rotatable bonds is 13. The van der Waals surface area contributed by atoms with Gasteiger partial charge in [0.1, 0.15) is 18.1 Å². The minimum absolute atomic E-state index is 0.221. The zero-order valence-corrected chi connectivity index (χ0v) is 27.0. The third kappa shape index (κ3) is 9.07. The van der Waals surface area contributed by atoms with Crippen LogP contribution in [0.3, 0.4) is 0 Å². The zero-order valence-electron chi connectivity index (χ0n) is 24.7. The summed E-state index contributed by atoms with van der Waals surface area (Å²) in [5.74, 6) is 0.122.